The Morgan fingerprint density at radius 2 is 2.00 bits per heavy atom. The number of nitrogens with zero attached hydrogens (tertiary/aromatic N) is 1. The van der Waals surface area contributed by atoms with Crippen molar-refractivity contribution in [2.75, 3.05) is 13.6 Å². The SMILES string of the molecule is C=C(Cl)CN(C)Cc1ccc(Br)cc1. The predicted octanol–water partition coefficient (Wildman–Crippen LogP) is 3.63. The summed E-state index contributed by atoms with van der Waals surface area (Å²) in [5, 5.41) is 0.671. The number of hydrogen-bond donors (Lipinski definition) is 0. The molecular formula is C11H13BrClN. The third kappa shape index (κ3) is 4.27. The fraction of sp³-hybridized carbons (Fsp3) is 0.273. The summed E-state index contributed by atoms with van der Waals surface area (Å²) in [6, 6.07) is 8.27. The van der Waals surface area contributed by atoms with Gasteiger partial charge in [0.2, 0.25) is 0 Å². The molecule has 0 amide bonds. The Morgan fingerprint density at radius 3 is 2.50 bits per heavy atom. The normalized spacial score (nSPS) is 10.6. The highest BCUT2D eigenvalue weighted by Gasteiger charge is 2.00. The highest BCUT2D eigenvalue weighted by atomic mass is 79.9. The minimum absolute atomic E-state index is 0.671. The monoisotopic (exact) mass is 273 g/mol. The molecule has 1 nitrogen and oxygen atoms in total. The summed E-state index contributed by atoms with van der Waals surface area (Å²) in [4.78, 5) is 2.12. The second-order valence-electron chi connectivity index (χ2n) is 3.32. The van der Waals surface area contributed by atoms with E-state index >= 15 is 0 Å². The minimum atomic E-state index is 0.671. The first kappa shape index (κ1) is 11.8. The number of hydrogen-bond acceptors (Lipinski definition) is 1. The van der Waals surface area contributed by atoms with E-state index in [-0.39, 0.29) is 0 Å². The first-order chi connectivity index (χ1) is 6.58. The van der Waals surface area contributed by atoms with Crippen LogP contribution < -0.4 is 0 Å². The zero-order chi connectivity index (χ0) is 10.6. The van der Waals surface area contributed by atoms with Crippen LogP contribution >= 0.6 is 27.5 Å². The van der Waals surface area contributed by atoms with E-state index in [0.29, 0.717) is 5.03 Å². The average molecular weight is 275 g/mol. The van der Waals surface area contributed by atoms with Crippen molar-refractivity contribution in [2.24, 2.45) is 0 Å². The van der Waals surface area contributed by atoms with Crippen LogP contribution in [0.5, 0.6) is 0 Å². The van der Waals surface area contributed by atoms with Crippen molar-refractivity contribution in [1.29, 1.82) is 0 Å². The zero-order valence-electron chi connectivity index (χ0n) is 8.13. The van der Waals surface area contributed by atoms with Crippen LogP contribution in [0.15, 0.2) is 40.3 Å². The maximum atomic E-state index is 5.72. The van der Waals surface area contributed by atoms with E-state index in [4.69, 9.17) is 11.6 Å². The molecule has 14 heavy (non-hydrogen) atoms. The molecule has 0 heterocycles. The lowest BCUT2D eigenvalue weighted by molar-refractivity contribution is 0.361. The summed E-state index contributed by atoms with van der Waals surface area (Å²) >= 11 is 9.12. The summed E-state index contributed by atoms with van der Waals surface area (Å²) in [6.45, 7) is 5.27. The molecule has 0 N–H and O–H groups in total. The number of halogens is 2. The standard InChI is InChI=1S/C11H13BrClN/c1-9(13)7-14(2)8-10-3-5-11(12)6-4-10/h3-6H,1,7-8H2,2H3. The van der Waals surface area contributed by atoms with Crippen LogP contribution in [0, 0.1) is 0 Å². The lowest BCUT2D eigenvalue weighted by atomic mass is 10.2. The Bertz CT molecular complexity index is 308. The molecule has 0 aromatic heterocycles. The Balaban J connectivity index is 2.51. The van der Waals surface area contributed by atoms with Gasteiger partial charge in [-0.15, -0.1) is 0 Å². The lowest BCUT2D eigenvalue weighted by Crippen LogP contribution is -2.18. The van der Waals surface area contributed by atoms with Gasteiger partial charge in [0, 0.05) is 22.6 Å². The quantitative estimate of drug-likeness (QED) is 0.810. The van der Waals surface area contributed by atoms with Crippen molar-refractivity contribution in [3.05, 3.63) is 45.9 Å². The van der Waals surface area contributed by atoms with Crippen molar-refractivity contribution >= 4 is 27.5 Å². The molecule has 0 unspecified atom stereocenters. The van der Waals surface area contributed by atoms with Crippen LogP contribution in [0.4, 0.5) is 0 Å². The number of likely N-dealkylation sites (N-methyl/N-ethyl adjacent to an activating group) is 1. The third-order valence-electron chi connectivity index (χ3n) is 1.81. The van der Waals surface area contributed by atoms with Crippen LogP contribution in [-0.4, -0.2) is 18.5 Å². The van der Waals surface area contributed by atoms with E-state index in [9.17, 15) is 0 Å². The van der Waals surface area contributed by atoms with Gasteiger partial charge in [0.25, 0.3) is 0 Å². The van der Waals surface area contributed by atoms with Gasteiger partial charge in [-0.2, -0.15) is 0 Å². The molecule has 0 bridgehead atoms. The molecule has 3 heteroatoms. The Kier molecular flexibility index (Phi) is 4.66. The van der Waals surface area contributed by atoms with Gasteiger partial charge < -0.3 is 0 Å². The number of benzene rings is 1. The first-order valence-electron chi connectivity index (χ1n) is 4.34. The zero-order valence-corrected chi connectivity index (χ0v) is 10.5. The van der Waals surface area contributed by atoms with Gasteiger partial charge in [0.1, 0.15) is 0 Å². The van der Waals surface area contributed by atoms with Crippen LogP contribution in [0.2, 0.25) is 0 Å². The summed E-state index contributed by atoms with van der Waals surface area (Å²) < 4.78 is 1.10. The second kappa shape index (κ2) is 5.54. The molecule has 1 rings (SSSR count). The number of rotatable bonds is 4. The Morgan fingerprint density at radius 1 is 1.43 bits per heavy atom. The fourth-order valence-corrected chi connectivity index (χ4v) is 1.72. The molecule has 1 aromatic carbocycles. The van der Waals surface area contributed by atoms with Crippen LogP contribution in [-0.2, 0) is 6.54 Å². The molecule has 0 aliphatic heterocycles. The third-order valence-corrected chi connectivity index (χ3v) is 2.46. The Labute approximate surface area is 98.5 Å². The summed E-state index contributed by atoms with van der Waals surface area (Å²) in [5.74, 6) is 0. The Hall–Kier alpha value is -0.310. The van der Waals surface area contributed by atoms with E-state index in [1.54, 1.807) is 0 Å². The molecule has 0 aliphatic carbocycles. The lowest BCUT2D eigenvalue weighted by Gasteiger charge is -2.15. The molecule has 0 spiro atoms. The molecule has 1 aromatic rings. The van der Waals surface area contributed by atoms with Crippen molar-refractivity contribution in [3.63, 3.8) is 0 Å². The maximum absolute atomic E-state index is 5.72. The van der Waals surface area contributed by atoms with Gasteiger partial charge in [0.05, 0.1) is 0 Å². The summed E-state index contributed by atoms with van der Waals surface area (Å²) in [6.07, 6.45) is 0. The van der Waals surface area contributed by atoms with Crippen LogP contribution in [0.3, 0.4) is 0 Å². The predicted molar refractivity (Wildman–Crippen MR) is 65.5 cm³/mol. The van der Waals surface area contributed by atoms with Gasteiger partial charge in [0.15, 0.2) is 0 Å². The topological polar surface area (TPSA) is 3.24 Å². The molecule has 0 fully saturated rings. The molecule has 76 valence electrons. The van der Waals surface area contributed by atoms with Crippen molar-refractivity contribution in [3.8, 4) is 0 Å². The molecule has 0 saturated heterocycles. The van der Waals surface area contributed by atoms with E-state index < -0.39 is 0 Å². The molecule has 0 aliphatic rings. The smallest absolute Gasteiger partial charge is 0.0336 e. The average Bonchev–Trinajstić information content (AvgIpc) is 2.07. The van der Waals surface area contributed by atoms with Crippen LogP contribution in [0.1, 0.15) is 5.56 Å². The van der Waals surface area contributed by atoms with E-state index in [1.807, 2.05) is 19.2 Å². The molecule has 0 radical (unpaired) electrons. The second-order valence-corrected chi connectivity index (χ2v) is 4.77. The summed E-state index contributed by atoms with van der Waals surface area (Å²) in [5.41, 5.74) is 1.27. The van der Waals surface area contributed by atoms with E-state index in [1.165, 1.54) is 5.56 Å². The van der Waals surface area contributed by atoms with Crippen molar-refractivity contribution < 1.29 is 0 Å². The van der Waals surface area contributed by atoms with Crippen molar-refractivity contribution in [2.45, 2.75) is 6.54 Å². The molecular weight excluding hydrogens is 261 g/mol. The maximum Gasteiger partial charge on any atom is 0.0336 e. The first-order valence-corrected chi connectivity index (χ1v) is 5.51. The van der Waals surface area contributed by atoms with E-state index in [2.05, 4.69) is 39.5 Å². The van der Waals surface area contributed by atoms with Gasteiger partial charge >= 0.3 is 0 Å². The van der Waals surface area contributed by atoms with Crippen LogP contribution in [0.25, 0.3) is 0 Å². The van der Waals surface area contributed by atoms with Crippen molar-refractivity contribution in [1.82, 2.24) is 4.90 Å². The largest absolute Gasteiger partial charge is 0.297 e. The summed E-state index contributed by atoms with van der Waals surface area (Å²) in [7, 11) is 2.02. The molecule has 0 atom stereocenters. The van der Waals surface area contributed by atoms with E-state index in [0.717, 1.165) is 17.6 Å². The van der Waals surface area contributed by atoms with Gasteiger partial charge in [-0.1, -0.05) is 46.2 Å². The minimum Gasteiger partial charge on any atom is -0.297 e. The highest BCUT2D eigenvalue weighted by molar-refractivity contribution is 9.10. The highest BCUT2D eigenvalue weighted by Crippen LogP contribution is 2.12. The van der Waals surface area contributed by atoms with Gasteiger partial charge in [-0.05, 0) is 24.7 Å². The van der Waals surface area contributed by atoms with Gasteiger partial charge in [-0.3, -0.25) is 4.90 Å². The molecule has 0 saturated carbocycles. The fourth-order valence-electron chi connectivity index (χ4n) is 1.25. The van der Waals surface area contributed by atoms with Gasteiger partial charge in [-0.25, -0.2) is 0 Å².